The maximum Gasteiger partial charge on any atom is 0.191 e. The summed E-state index contributed by atoms with van der Waals surface area (Å²) in [4.78, 5) is 4.65. The quantitative estimate of drug-likeness (QED) is 0.595. The Bertz CT molecular complexity index is 511. The molecule has 1 saturated heterocycles. The summed E-state index contributed by atoms with van der Waals surface area (Å²) in [5.41, 5.74) is 2.40. The van der Waals surface area contributed by atoms with Crippen LogP contribution >= 0.6 is 0 Å². The molecule has 1 aromatic rings. The van der Waals surface area contributed by atoms with Gasteiger partial charge in [0.15, 0.2) is 5.96 Å². The zero-order valence-electron chi connectivity index (χ0n) is 15.2. The molecule has 2 N–H and O–H groups in total. The Balaban J connectivity index is 1.88. The van der Waals surface area contributed by atoms with Crippen LogP contribution in [-0.4, -0.2) is 37.9 Å². The van der Waals surface area contributed by atoms with E-state index in [-0.39, 0.29) is 0 Å². The van der Waals surface area contributed by atoms with Gasteiger partial charge >= 0.3 is 0 Å². The van der Waals surface area contributed by atoms with Gasteiger partial charge in [0.1, 0.15) is 0 Å². The SMILES string of the molecule is CCNC(=NCc1cccc(COC2CCOCC2)c1)NC(C)C. The van der Waals surface area contributed by atoms with Crippen molar-refractivity contribution in [3.8, 4) is 0 Å². The van der Waals surface area contributed by atoms with Gasteiger partial charge in [0.2, 0.25) is 0 Å². The van der Waals surface area contributed by atoms with Crippen molar-refractivity contribution in [1.29, 1.82) is 0 Å². The van der Waals surface area contributed by atoms with Gasteiger partial charge in [0, 0.05) is 25.8 Å². The Hall–Kier alpha value is -1.59. The van der Waals surface area contributed by atoms with Gasteiger partial charge in [-0.05, 0) is 44.7 Å². The van der Waals surface area contributed by atoms with Crippen LogP contribution in [-0.2, 0) is 22.6 Å². The normalized spacial score (nSPS) is 16.4. The zero-order chi connectivity index (χ0) is 17.2. The minimum Gasteiger partial charge on any atom is -0.381 e. The molecule has 0 unspecified atom stereocenters. The highest BCUT2D eigenvalue weighted by Gasteiger charge is 2.14. The van der Waals surface area contributed by atoms with Crippen molar-refractivity contribution in [1.82, 2.24) is 10.6 Å². The number of guanidine groups is 1. The summed E-state index contributed by atoms with van der Waals surface area (Å²) in [6.45, 7) is 10.1. The predicted octanol–water partition coefficient (Wildman–Crippen LogP) is 2.85. The van der Waals surface area contributed by atoms with Crippen molar-refractivity contribution in [2.45, 2.75) is 58.9 Å². The maximum absolute atomic E-state index is 6.00. The molecule has 0 aromatic heterocycles. The molecule has 1 aliphatic heterocycles. The Morgan fingerprint density at radius 2 is 2.04 bits per heavy atom. The van der Waals surface area contributed by atoms with Crippen LogP contribution in [0, 0.1) is 0 Å². The molecule has 0 aliphatic carbocycles. The molecule has 1 heterocycles. The first-order valence-corrected chi connectivity index (χ1v) is 8.99. The number of benzene rings is 1. The number of nitrogens with zero attached hydrogens (tertiary/aromatic N) is 1. The Morgan fingerprint density at radius 1 is 1.29 bits per heavy atom. The van der Waals surface area contributed by atoms with Gasteiger partial charge in [-0.3, -0.25) is 0 Å². The molecule has 5 heteroatoms. The molecule has 0 bridgehead atoms. The fourth-order valence-corrected chi connectivity index (χ4v) is 2.64. The van der Waals surface area contributed by atoms with Crippen molar-refractivity contribution in [2.24, 2.45) is 4.99 Å². The van der Waals surface area contributed by atoms with Gasteiger partial charge in [0.05, 0.1) is 19.3 Å². The monoisotopic (exact) mass is 333 g/mol. The highest BCUT2D eigenvalue weighted by Crippen LogP contribution is 2.14. The third-order valence-corrected chi connectivity index (χ3v) is 3.83. The van der Waals surface area contributed by atoms with E-state index in [1.54, 1.807) is 0 Å². The lowest BCUT2D eigenvalue weighted by Gasteiger charge is -2.22. The average molecular weight is 333 g/mol. The van der Waals surface area contributed by atoms with E-state index in [0.29, 0.717) is 25.3 Å². The van der Waals surface area contributed by atoms with Crippen molar-refractivity contribution >= 4 is 5.96 Å². The summed E-state index contributed by atoms with van der Waals surface area (Å²) in [6.07, 6.45) is 2.32. The van der Waals surface area contributed by atoms with E-state index < -0.39 is 0 Å². The second-order valence-electron chi connectivity index (χ2n) is 6.44. The van der Waals surface area contributed by atoms with Crippen LogP contribution in [0.5, 0.6) is 0 Å². The predicted molar refractivity (Wildman–Crippen MR) is 98.2 cm³/mol. The summed E-state index contributed by atoms with van der Waals surface area (Å²) < 4.78 is 11.4. The Kier molecular flexibility index (Phi) is 8.05. The average Bonchev–Trinajstić information content (AvgIpc) is 2.59. The standard InChI is InChI=1S/C19H31N3O2/c1-4-20-19(22-15(2)3)21-13-16-6-5-7-17(12-16)14-24-18-8-10-23-11-9-18/h5-7,12,15,18H,4,8-11,13-14H2,1-3H3,(H2,20,21,22). The van der Waals surface area contributed by atoms with Crippen LogP contribution in [0.4, 0.5) is 0 Å². The summed E-state index contributed by atoms with van der Waals surface area (Å²) in [6, 6.07) is 8.85. The topological polar surface area (TPSA) is 54.9 Å². The molecule has 0 saturated carbocycles. The maximum atomic E-state index is 6.00. The molecule has 24 heavy (non-hydrogen) atoms. The fraction of sp³-hybridized carbons (Fsp3) is 0.632. The Labute approximate surface area is 145 Å². The van der Waals surface area contributed by atoms with Gasteiger partial charge in [-0.2, -0.15) is 0 Å². The van der Waals surface area contributed by atoms with Crippen LogP contribution in [0.2, 0.25) is 0 Å². The molecule has 0 radical (unpaired) electrons. The number of ether oxygens (including phenoxy) is 2. The molecule has 1 fully saturated rings. The van der Waals surface area contributed by atoms with Gasteiger partial charge in [-0.1, -0.05) is 24.3 Å². The Morgan fingerprint density at radius 3 is 2.75 bits per heavy atom. The second-order valence-corrected chi connectivity index (χ2v) is 6.44. The molecule has 5 nitrogen and oxygen atoms in total. The van der Waals surface area contributed by atoms with E-state index in [9.17, 15) is 0 Å². The summed E-state index contributed by atoms with van der Waals surface area (Å²) in [5, 5.41) is 6.61. The lowest BCUT2D eigenvalue weighted by Crippen LogP contribution is -2.40. The molecule has 0 atom stereocenters. The van der Waals surface area contributed by atoms with Crippen LogP contribution in [0.15, 0.2) is 29.3 Å². The fourth-order valence-electron chi connectivity index (χ4n) is 2.64. The molecule has 134 valence electrons. The molecule has 0 amide bonds. The van der Waals surface area contributed by atoms with Crippen molar-refractivity contribution < 1.29 is 9.47 Å². The van der Waals surface area contributed by atoms with E-state index in [1.165, 1.54) is 11.1 Å². The number of aliphatic imine (C=N–C) groups is 1. The largest absolute Gasteiger partial charge is 0.381 e. The van der Waals surface area contributed by atoms with Crippen molar-refractivity contribution in [3.05, 3.63) is 35.4 Å². The zero-order valence-corrected chi connectivity index (χ0v) is 15.2. The number of hydrogen-bond acceptors (Lipinski definition) is 3. The van der Waals surface area contributed by atoms with E-state index in [1.807, 2.05) is 0 Å². The minimum atomic E-state index is 0.330. The lowest BCUT2D eigenvalue weighted by atomic mass is 10.1. The van der Waals surface area contributed by atoms with Crippen LogP contribution < -0.4 is 10.6 Å². The highest BCUT2D eigenvalue weighted by molar-refractivity contribution is 5.79. The molecular formula is C19H31N3O2. The van der Waals surface area contributed by atoms with E-state index >= 15 is 0 Å². The van der Waals surface area contributed by atoms with Crippen molar-refractivity contribution in [2.75, 3.05) is 19.8 Å². The third-order valence-electron chi connectivity index (χ3n) is 3.83. The van der Waals surface area contributed by atoms with Crippen molar-refractivity contribution in [3.63, 3.8) is 0 Å². The van der Waals surface area contributed by atoms with E-state index in [2.05, 4.69) is 60.7 Å². The smallest absolute Gasteiger partial charge is 0.191 e. The number of rotatable bonds is 7. The molecule has 0 spiro atoms. The van der Waals surface area contributed by atoms with Gasteiger partial charge < -0.3 is 20.1 Å². The number of hydrogen-bond donors (Lipinski definition) is 2. The second kappa shape index (κ2) is 10.3. The van der Waals surface area contributed by atoms with Gasteiger partial charge in [0.25, 0.3) is 0 Å². The lowest BCUT2D eigenvalue weighted by molar-refractivity contribution is -0.0390. The van der Waals surface area contributed by atoms with E-state index in [4.69, 9.17) is 9.47 Å². The number of nitrogens with one attached hydrogen (secondary N) is 2. The molecule has 1 aromatic carbocycles. The highest BCUT2D eigenvalue weighted by atomic mass is 16.5. The third kappa shape index (κ3) is 6.89. The molecular weight excluding hydrogens is 302 g/mol. The van der Waals surface area contributed by atoms with Crippen LogP contribution in [0.3, 0.4) is 0 Å². The molecule has 1 aliphatic rings. The first-order valence-electron chi connectivity index (χ1n) is 8.99. The molecule has 2 rings (SSSR count). The van der Waals surface area contributed by atoms with Gasteiger partial charge in [-0.25, -0.2) is 4.99 Å². The summed E-state index contributed by atoms with van der Waals surface area (Å²) in [7, 11) is 0. The first-order chi connectivity index (χ1) is 11.7. The summed E-state index contributed by atoms with van der Waals surface area (Å²) >= 11 is 0. The first kappa shape index (κ1) is 18.7. The van der Waals surface area contributed by atoms with Crippen LogP contribution in [0.1, 0.15) is 44.7 Å². The van der Waals surface area contributed by atoms with Crippen LogP contribution in [0.25, 0.3) is 0 Å². The van der Waals surface area contributed by atoms with E-state index in [0.717, 1.165) is 38.6 Å². The minimum absolute atomic E-state index is 0.330. The summed E-state index contributed by atoms with van der Waals surface area (Å²) in [5.74, 6) is 0.858. The van der Waals surface area contributed by atoms with Gasteiger partial charge in [-0.15, -0.1) is 0 Å².